The topological polar surface area (TPSA) is 110 Å². The number of furan rings is 1. The molecule has 2 bridgehead atoms. The first kappa shape index (κ1) is 27.4. The Morgan fingerprint density at radius 3 is 2.63 bits per heavy atom. The fraction of sp³-hybridized carbons (Fsp3) is 0.382. The molecule has 220 valence electrons. The number of carbonyl (C=O) groups is 1. The highest BCUT2D eigenvalue weighted by molar-refractivity contribution is 5.97. The minimum absolute atomic E-state index is 0.0410. The molecule has 1 amide bonds. The highest BCUT2D eigenvalue weighted by Gasteiger charge is 2.46. The zero-order valence-electron chi connectivity index (χ0n) is 24.3. The van der Waals surface area contributed by atoms with E-state index in [-0.39, 0.29) is 18.1 Å². The SMILES string of the molecule is COc1cc(C(=O)NC2C3CC2CN(C)C3)ccc1-c1cc2nccc(-c3ccc(OC4CCOCC4)c(C#N)c3)c2o1. The van der Waals surface area contributed by atoms with Gasteiger partial charge in [-0.15, -0.1) is 0 Å². The molecule has 1 N–H and O–H groups in total. The van der Waals surface area contributed by atoms with E-state index in [1.54, 1.807) is 19.4 Å². The Balaban J connectivity index is 1.15. The van der Waals surface area contributed by atoms with Gasteiger partial charge in [0, 0.05) is 55.4 Å². The molecule has 7 rings (SSSR count). The molecule has 3 aliphatic rings. The molecule has 0 spiro atoms. The smallest absolute Gasteiger partial charge is 0.251 e. The molecule has 2 aliphatic heterocycles. The summed E-state index contributed by atoms with van der Waals surface area (Å²) >= 11 is 0. The molecular weight excluding hydrogens is 544 g/mol. The maximum absolute atomic E-state index is 13.2. The minimum atomic E-state index is -0.0831. The summed E-state index contributed by atoms with van der Waals surface area (Å²) in [5.74, 6) is 2.65. The van der Waals surface area contributed by atoms with Gasteiger partial charge in [0.25, 0.3) is 5.91 Å². The Morgan fingerprint density at radius 1 is 1.05 bits per heavy atom. The van der Waals surface area contributed by atoms with E-state index in [4.69, 9.17) is 18.6 Å². The average molecular weight is 579 g/mol. The summed E-state index contributed by atoms with van der Waals surface area (Å²) in [5, 5.41) is 13.1. The molecule has 2 atom stereocenters. The standard InChI is InChI=1S/C34H34N4O5/c1-38-18-23-14-24(19-38)32(23)37-34(39)21-3-5-27(30(15-21)40-2)31-16-28-33(43-31)26(7-10-36-28)20-4-6-29(22(13-20)17-35)42-25-8-11-41-12-9-25/h3-7,10,13,15-16,23-25,32H,8-9,11-12,14,18-19H2,1-2H3,(H,37,39). The van der Waals surface area contributed by atoms with Crippen molar-refractivity contribution < 1.29 is 23.4 Å². The van der Waals surface area contributed by atoms with Crippen molar-refractivity contribution in [3.63, 3.8) is 0 Å². The maximum atomic E-state index is 13.2. The van der Waals surface area contributed by atoms with Gasteiger partial charge in [-0.05, 0) is 67.3 Å². The lowest BCUT2D eigenvalue weighted by molar-refractivity contribution is -0.000568. The number of ether oxygens (including phenoxy) is 3. The highest BCUT2D eigenvalue weighted by Crippen LogP contribution is 2.41. The van der Waals surface area contributed by atoms with Crippen LogP contribution in [0.3, 0.4) is 0 Å². The number of nitrogens with zero attached hydrogens (tertiary/aromatic N) is 3. The van der Waals surface area contributed by atoms with E-state index in [1.165, 1.54) is 6.42 Å². The number of carbonyl (C=O) groups excluding carboxylic acids is 1. The van der Waals surface area contributed by atoms with Gasteiger partial charge in [0.1, 0.15) is 34.9 Å². The first-order valence-electron chi connectivity index (χ1n) is 14.9. The Kier molecular flexibility index (Phi) is 7.25. The van der Waals surface area contributed by atoms with Crippen molar-refractivity contribution in [3.05, 3.63) is 65.9 Å². The number of aromatic nitrogens is 1. The van der Waals surface area contributed by atoms with Crippen LogP contribution in [0.2, 0.25) is 0 Å². The van der Waals surface area contributed by atoms with Crippen LogP contribution in [0.25, 0.3) is 33.6 Å². The van der Waals surface area contributed by atoms with Crippen LogP contribution in [0.5, 0.6) is 11.5 Å². The lowest BCUT2D eigenvalue weighted by Crippen LogP contribution is -2.63. The van der Waals surface area contributed by atoms with Crippen molar-refractivity contribution in [2.45, 2.75) is 31.4 Å². The molecule has 43 heavy (non-hydrogen) atoms. The summed E-state index contributed by atoms with van der Waals surface area (Å²) in [6.07, 6.45) is 4.57. The summed E-state index contributed by atoms with van der Waals surface area (Å²) in [4.78, 5) is 20.0. The second-order valence-corrected chi connectivity index (χ2v) is 11.8. The number of pyridine rings is 1. The highest BCUT2D eigenvalue weighted by atomic mass is 16.5. The fourth-order valence-electron chi connectivity index (χ4n) is 6.79. The van der Waals surface area contributed by atoms with Crippen molar-refractivity contribution in [3.8, 4) is 40.0 Å². The number of methoxy groups -OCH3 is 1. The van der Waals surface area contributed by atoms with E-state index in [2.05, 4.69) is 28.3 Å². The third-order valence-electron chi connectivity index (χ3n) is 9.03. The van der Waals surface area contributed by atoms with Gasteiger partial charge in [0.15, 0.2) is 5.58 Å². The molecule has 1 saturated carbocycles. The number of nitriles is 1. The van der Waals surface area contributed by atoms with Crippen LogP contribution in [0.15, 0.2) is 59.1 Å². The van der Waals surface area contributed by atoms with E-state index >= 15 is 0 Å². The van der Waals surface area contributed by atoms with Crippen molar-refractivity contribution in [2.24, 2.45) is 11.8 Å². The monoisotopic (exact) mass is 578 g/mol. The number of piperidine rings is 2. The fourth-order valence-corrected chi connectivity index (χ4v) is 6.79. The Morgan fingerprint density at radius 2 is 1.86 bits per heavy atom. The second-order valence-electron chi connectivity index (χ2n) is 11.8. The van der Waals surface area contributed by atoms with E-state index in [9.17, 15) is 10.1 Å². The molecule has 4 heterocycles. The lowest BCUT2D eigenvalue weighted by atomic mass is 9.66. The summed E-state index contributed by atoms with van der Waals surface area (Å²) in [5.41, 5.74) is 4.67. The van der Waals surface area contributed by atoms with E-state index in [1.807, 2.05) is 42.5 Å². The summed E-state index contributed by atoms with van der Waals surface area (Å²) in [7, 11) is 3.73. The van der Waals surface area contributed by atoms with Crippen LogP contribution in [0, 0.1) is 23.2 Å². The number of hydrogen-bond acceptors (Lipinski definition) is 8. The summed E-state index contributed by atoms with van der Waals surface area (Å²) < 4.78 is 23.7. The Hall–Kier alpha value is -4.39. The van der Waals surface area contributed by atoms with Crippen LogP contribution in [-0.4, -0.2) is 68.4 Å². The van der Waals surface area contributed by atoms with Crippen molar-refractivity contribution in [1.29, 1.82) is 5.26 Å². The minimum Gasteiger partial charge on any atom is -0.496 e. The van der Waals surface area contributed by atoms with Gasteiger partial charge in [-0.3, -0.25) is 9.78 Å². The zero-order valence-corrected chi connectivity index (χ0v) is 24.3. The Bertz CT molecular complexity index is 1710. The number of likely N-dealkylation sites (tertiary alicyclic amines) is 1. The van der Waals surface area contributed by atoms with Crippen LogP contribution in [0.4, 0.5) is 0 Å². The third-order valence-corrected chi connectivity index (χ3v) is 9.03. The number of benzene rings is 2. The average Bonchev–Trinajstić information content (AvgIpc) is 3.48. The van der Waals surface area contributed by atoms with E-state index in [0.29, 0.717) is 64.5 Å². The molecule has 9 nitrogen and oxygen atoms in total. The maximum Gasteiger partial charge on any atom is 0.251 e. The first-order chi connectivity index (χ1) is 21.0. The van der Waals surface area contributed by atoms with Crippen LogP contribution in [-0.2, 0) is 4.74 Å². The van der Waals surface area contributed by atoms with Crippen molar-refractivity contribution in [1.82, 2.24) is 15.2 Å². The molecule has 2 aromatic carbocycles. The van der Waals surface area contributed by atoms with Gasteiger partial charge in [-0.1, -0.05) is 6.07 Å². The molecular formula is C34H34N4O5. The molecule has 4 aromatic rings. The normalized spacial score (nSPS) is 22.0. The van der Waals surface area contributed by atoms with Crippen LogP contribution >= 0.6 is 0 Å². The second kappa shape index (κ2) is 11.4. The Labute approximate surface area is 250 Å². The largest absolute Gasteiger partial charge is 0.496 e. The quantitative estimate of drug-likeness (QED) is 0.316. The number of nitrogens with one attached hydrogen (secondary N) is 1. The van der Waals surface area contributed by atoms with Gasteiger partial charge >= 0.3 is 0 Å². The predicted molar refractivity (Wildman–Crippen MR) is 161 cm³/mol. The van der Waals surface area contributed by atoms with Gasteiger partial charge < -0.3 is 28.8 Å². The third kappa shape index (κ3) is 5.22. The molecule has 2 aromatic heterocycles. The van der Waals surface area contributed by atoms with E-state index in [0.717, 1.165) is 42.6 Å². The number of rotatable bonds is 7. The van der Waals surface area contributed by atoms with Crippen molar-refractivity contribution in [2.75, 3.05) is 40.5 Å². The van der Waals surface area contributed by atoms with Crippen LogP contribution in [0.1, 0.15) is 35.2 Å². The van der Waals surface area contributed by atoms with E-state index < -0.39 is 0 Å². The number of amides is 1. The first-order valence-corrected chi connectivity index (χ1v) is 14.9. The molecule has 0 radical (unpaired) electrons. The van der Waals surface area contributed by atoms with Crippen molar-refractivity contribution >= 4 is 17.0 Å². The predicted octanol–water partition coefficient (Wildman–Crippen LogP) is 5.28. The van der Waals surface area contributed by atoms with Gasteiger partial charge in [0.05, 0.1) is 31.5 Å². The number of hydrogen-bond donors (Lipinski definition) is 1. The van der Waals surface area contributed by atoms with Crippen LogP contribution < -0.4 is 14.8 Å². The lowest BCUT2D eigenvalue weighted by Gasteiger charge is -2.52. The number of fused-ring (bicyclic) bond motifs is 3. The van der Waals surface area contributed by atoms with Gasteiger partial charge in [0.2, 0.25) is 0 Å². The summed E-state index contributed by atoms with van der Waals surface area (Å²) in [6, 6.07) is 17.3. The molecule has 1 aliphatic carbocycles. The zero-order chi connectivity index (χ0) is 29.5. The van der Waals surface area contributed by atoms with Gasteiger partial charge in [-0.2, -0.15) is 5.26 Å². The van der Waals surface area contributed by atoms with Gasteiger partial charge in [-0.25, -0.2) is 0 Å². The molecule has 3 fully saturated rings. The molecule has 9 heteroatoms. The molecule has 2 unspecified atom stereocenters. The molecule has 2 saturated heterocycles. The summed E-state index contributed by atoms with van der Waals surface area (Å²) in [6.45, 7) is 3.39.